The molecule has 136 valence electrons. The van der Waals surface area contributed by atoms with E-state index < -0.39 is 30.2 Å². The maximum Gasteiger partial charge on any atom is 0.341 e. The van der Waals surface area contributed by atoms with Gasteiger partial charge in [0.05, 0.1) is 5.56 Å². The van der Waals surface area contributed by atoms with Crippen LogP contribution in [0.15, 0.2) is 48.5 Å². The second kappa shape index (κ2) is 9.38. The first-order chi connectivity index (χ1) is 12.5. The molecule has 0 heterocycles. The molecule has 26 heavy (non-hydrogen) atoms. The van der Waals surface area contributed by atoms with Crippen LogP contribution in [0.4, 0.5) is 4.39 Å². The average molecular weight is 381 g/mol. The molecule has 2 aromatic rings. The standard InChI is InChI=1S/C17H14ClFN2O5/c18-11-5-7-12(8-6-11)25-9-15(22)20-21-16(23)10-26-17(24)13-3-1-2-4-14(13)19/h1-8H,9-10H2,(H,20,22)(H,21,23). The van der Waals surface area contributed by atoms with Gasteiger partial charge >= 0.3 is 5.97 Å². The van der Waals surface area contributed by atoms with Crippen LogP contribution in [0.3, 0.4) is 0 Å². The van der Waals surface area contributed by atoms with Gasteiger partial charge in [-0.3, -0.25) is 20.4 Å². The zero-order chi connectivity index (χ0) is 18.9. The smallest absolute Gasteiger partial charge is 0.341 e. The molecule has 0 aliphatic carbocycles. The Morgan fingerprint density at radius 3 is 2.19 bits per heavy atom. The quantitative estimate of drug-likeness (QED) is 0.589. The fourth-order valence-electron chi connectivity index (χ4n) is 1.73. The molecule has 0 fully saturated rings. The maximum absolute atomic E-state index is 13.4. The number of benzene rings is 2. The Balaban J connectivity index is 1.68. The Bertz CT molecular complexity index is 798. The van der Waals surface area contributed by atoms with Gasteiger partial charge in [-0.05, 0) is 36.4 Å². The summed E-state index contributed by atoms with van der Waals surface area (Å²) in [6.07, 6.45) is 0. The summed E-state index contributed by atoms with van der Waals surface area (Å²) >= 11 is 5.72. The van der Waals surface area contributed by atoms with Crippen molar-refractivity contribution in [3.63, 3.8) is 0 Å². The lowest BCUT2D eigenvalue weighted by molar-refractivity contribution is -0.131. The van der Waals surface area contributed by atoms with Crippen LogP contribution in [0.2, 0.25) is 5.02 Å². The molecule has 0 spiro atoms. The zero-order valence-electron chi connectivity index (χ0n) is 13.3. The molecule has 7 nitrogen and oxygen atoms in total. The first-order valence-corrected chi connectivity index (χ1v) is 7.71. The SMILES string of the molecule is O=C(COC(=O)c1ccccc1F)NNC(=O)COc1ccc(Cl)cc1. The van der Waals surface area contributed by atoms with Gasteiger partial charge in [-0.25, -0.2) is 9.18 Å². The van der Waals surface area contributed by atoms with E-state index in [1.54, 1.807) is 24.3 Å². The number of hydrogen-bond donors (Lipinski definition) is 2. The first-order valence-electron chi connectivity index (χ1n) is 7.33. The number of rotatable bonds is 6. The molecule has 2 amide bonds. The van der Waals surface area contributed by atoms with E-state index in [1.165, 1.54) is 18.2 Å². The van der Waals surface area contributed by atoms with Gasteiger partial charge in [0.2, 0.25) is 0 Å². The van der Waals surface area contributed by atoms with Crippen molar-refractivity contribution in [3.8, 4) is 5.75 Å². The highest BCUT2D eigenvalue weighted by atomic mass is 35.5. The predicted molar refractivity (Wildman–Crippen MR) is 89.9 cm³/mol. The molecule has 0 aliphatic rings. The monoisotopic (exact) mass is 380 g/mol. The normalized spacial score (nSPS) is 9.92. The van der Waals surface area contributed by atoms with E-state index in [-0.39, 0.29) is 12.2 Å². The lowest BCUT2D eigenvalue weighted by Gasteiger charge is -2.09. The van der Waals surface area contributed by atoms with Gasteiger partial charge in [0.15, 0.2) is 13.2 Å². The third kappa shape index (κ3) is 6.06. The molecular weight excluding hydrogens is 367 g/mol. The molecule has 0 atom stereocenters. The van der Waals surface area contributed by atoms with Crippen molar-refractivity contribution in [1.29, 1.82) is 0 Å². The highest BCUT2D eigenvalue weighted by Gasteiger charge is 2.14. The topological polar surface area (TPSA) is 93.7 Å². The van der Waals surface area contributed by atoms with E-state index in [1.807, 2.05) is 5.43 Å². The van der Waals surface area contributed by atoms with Crippen molar-refractivity contribution >= 4 is 29.4 Å². The summed E-state index contributed by atoms with van der Waals surface area (Å²) in [6, 6.07) is 11.6. The van der Waals surface area contributed by atoms with Crippen LogP contribution in [-0.4, -0.2) is 31.0 Å². The summed E-state index contributed by atoms with van der Waals surface area (Å²) in [5.41, 5.74) is 3.83. The molecule has 0 saturated heterocycles. The molecule has 0 bridgehead atoms. The van der Waals surface area contributed by atoms with Crippen molar-refractivity contribution in [2.75, 3.05) is 13.2 Å². The van der Waals surface area contributed by atoms with E-state index in [0.29, 0.717) is 10.8 Å². The van der Waals surface area contributed by atoms with Crippen LogP contribution in [0.5, 0.6) is 5.75 Å². The minimum absolute atomic E-state index is 0.291. The Hall–Kier alpha value is -3.13. The van der Waals surface area contributed by atoms with E-state index in [2.05, 4.69) is 10.2 Å². The summed E-state index contributed by atoms with van der Waals surface area (Å²) in [5, 5.41) is 0.527. The number of amides is 2. The van der Waals surface area contributed by atoms with Crippen molar-refractivity contribution in [1.82, 2.24) is 10.9 Å². The van der Waals surface area contributed by atoms with Gasteiger partial charge in [0, 0.05) is 5.02 Å². The predicted octanol–water partition coefficient (Wildman–Crippen LogP) is 1.86. The average Bonchev–Trinajstić information content (AvgIpc) is 2.64. The minimum atomic E-state index is -0.990. The van der Waals surface area contributed by atoms with E-state index in [0.717, 1.165) is 6.07 Å². The number of hydrogen-bond acceptors (Lipinski definition) is 5. The van der Waals surface area contributed by atoms with Crippen molar-refractivity contribution in [3.05, 3.63) is 64.9 Å². The van der Waals surface area contributed by atoms with E-state index in [9.17, 15) is 18.8 Å². The number of esters is 1. The minimum Gasteiger partial charge on any atom is -0.484 e. The van der Waals surface area contributed by atoms with Gasteiger partial charge in [-0.2, -0.15) is 0 Å². The lowest BCUT2D eigenvalue weighted by atomic mass is 10.2. The van der Waals surface area contributed by atoms with Crippen LogP contribution >= 0.6 is 11.6 Å². The fraction of sp³-hybridized carbons (Fsp3) is 0.118. The van der Waals surface area contributed by atoms with E-state index >= 15 is 0 Å². The van der Waals surface area contributed by atoms with Crippen LogP contribution in [0, 0.1) is 5.82 Å². The third-order valence-electron chi connectivity index (χ3n) is 2.95. The Labute approximate surface area is 153 Å². The summed E-state index contributed by atoms with van der Waals surface area (Å²) < 4.78 is 23.2. The molecule has 0 saturated carbocycles. The second-order valence-electron chi connectivity index (χ2n) is 4.89. The highest BCUT2D eigenvalue weighted by Crippen LogP contribution is 2.15. The van der Waals surface area contributed by atoms with Gasteiger partial charge in [0.25, 0.3) is 11.8 Å². The fourth-order valence-corrected chi connectivity index (χ4v) is 1.85. The molecular formula is C17H14ClFN2O5. The van der Waals surface area contributed by atoms with Crippen LogP contribution < -0.4 is 15.6 Å². The highest BCUT2D eigenvalue weighted by molar-refractivity contribution is 6.30. The van der Waals surface area contributed by atoms with Gasteiger partial charge in [0.1, 0.15) is 11.6 Å². The van der Waals surface area contributed by atoms with Crippen LogP contribution in [-0.2, 0) is 14.3 Å². The van der Waals surface area contributed by atoms with Crippen molar-refractivity contribution in [2.45, 2.75) is 0 Å². The molecule has 0 radical (unpaired) electrons. The molecule has 2 N–H and O–H groups in total. The second-order valence-corrected chi connectivity index (χ2v) is 5.33. The molecule has 0 aliphatic heterocycles. The zero-order valence-corrected chi connectivity index (χ0v) is 14.1. The number of ether oxygens (including phenoxy) is 2. The van der Waals surface area contributed by atoms with Crippen molar-refractivity contribution < 1.29 is 28.2 Å². The Kier molecular flexibility index (Phi) is 6.92. The maximum atomic E-state index is 13.4. The first kappa shape index (κ1) is 19.2. The van der Waals surface area contributed by atoms with E-state index in [4.69, 9.17) is 16.3 Å². The molecule has 9 heteroatoms. The molecule has 2 aromatic carbocycles. The summed E-state index contributed by atoms with van der Waals surface area (Å²) in [5.74, 6) is -2.75. The Morgan fingerprint density at radius 1 is 0.923 bits per heavy atom. The van der Waals surface area contributed by atoms with Crippen molar-refractivity contribution in [2.24, 2.45) is 0 Å². The molecule has 0 aromatic heterocycles. The van der Waals surface area contributed by atoms with Crippen LogP contribution in [0.25, 0.3) is 0 Å². The number of nitrogens with one attached hydrogen (secondary N) is 2. The third-order valence-corrected chi connectivity index (χ3v) is 3.21. The summed E-state index contributed by atoms with van der Waals surface area (Å²) in [4.78, 5) is 34.7. The largest absolute Gasteiger partial charge is 0.484 e. The number of carbonyl (C=O) groups excluding carboxylic acids is 3. The number of carbonyl (C=O) groups is 3. The lowest BCUT2D eigenvalue weighted by Crippen LogP contribution is -2.45. The molecule has 2 rings (SSSR count). The summed E-state index contributed by atoms with van der Waals surface area (Å²) in [7, 11) is 0. The number of hydrazine groups is 1. The Morgan fingerprint density at radius 2 is 1.54 bits per heavy atom. The summed E-state index contributed by atoms with van der Waals surface area (Å²) in [6.45, 7) is -1.04. The van der Waals surface area contributed by atoms with Gasteiger partial charge in [-0.15, -0.1) is 0 Å². The number of halogens is 2. The van der Waals surface area contributed by atoms with Gasteiger partial charge in [-0.1, -0.05) is 23.7 Å². The van der Waals surface area contributed by atoms with Gasteiger partial charge < -0.3 is 9.47 Å². The van der Waals surface area contributed by atoms with Crippen LogP contribution in [0.1, 0.15) is 10.4 Å². The molecule has 0 unspecified atom stereocenters.